The summed E-state index contributed by atoms with van der Waals surface area (Å²) in [5, 5.41) is 9.51. The Kier molecular flexibility index (Phi) is 58.9. The van der Waals surface area contributed by atoms with Crippen LogP contribution in [0.15, 0.2) is 35.5 Å². The Morgan fingerprint density at radius 2 is 0.977 bits per heavy atom. The first kappa shape index (κ1) is 83.1. The smallest absolute Gasteiger partial charge is 0.461 e. The number of azide groups is 2. The zero-order valence-electron chi connectivity index (χ0n) is 51.3. The van der Waals surface area contributed by atoms with Crippen LogP contribution in [0.5, 0.6) is 0 Å². The van der Waals surface area contributed by atoms with Crippen molar-refractivity contribution in [3.05, 3.63) is 46.2 Å². The minimum Gasteiger partial charge on any atom is -0.461 e. The number of hydrogen-bond donors (Lipinski definition) is 2. The van der Waals surface area contributed by atoms with Crippen LogP contribution >= 0.6 is 15.6 Å². The van der Waals surface area contributed by atoms with E-state index < -0.39 is 45.7 Å². The molecule has 3 N–H and O–H groups in total. The maximum absolute atomic E-state index is 12.9. The number of nitrogens with zero attached hydrogens (tertiary/aromatic N) is 6. The van der Waals surface area contributed by atoms with E-state index in [1.54, 1.807) is 0 Å². The number of esters is 2. The molecule has 6 atom stereocenters. The van der Waals surface area contributed by atoms with Gasteiger partial charge in [-0.3, -0.25) is 41.5 Å². The molecule has 0 saturated heterocycles. The average molecular weight is 1270 g/mol. The first-order chi connectivity index (χ1) is 42.2. The summed E-state index contributed by atoms with van der Waals surface area (Å²) in [5.74, 6) is 23.8. The second-order valence-corrected chi connectivity index (χ2v) is 22.4. The lowest BCUT2D eigenvalue weighted by molar-refractivity contribution is -0.150. The largest absolute Gasteiger partial charge is 0.475 e. The van der Waals surface area contributed by atoms with E-state index in [-0.39, 0.29) is 118 Å². The van der Waals surface area contributed by atoms with Crippen LogP contribution in [0.4, 0.5) is 4.79 Å². The van der Waals surface area contributed by atoms with Gasteiger partial charge in [0.1, 0.15) is 12.2 Å². The molecule has 0 rings (SSSR count). The molecule has 2 unspecified atom stereocenters. The normalized spacial score (nSPS) is 12.9. The number of amides is 1. The van der Waals surface area contributed by atoms with Gasteiger partial charge in [0.2, 0.25) is 0 Å². The molecule has 0 aliphatic carbocycles. The van der Waals surface area contributed by atoms with Crippen molar-refractivity contribution in [3.8, 4) is 72.1 Å². The molecule has 1 amide bonds. The van der Waals surface area contributed by atoms with Crippen LogP contribution in [-0.4, -0.2) is 129 Å². The first-order valence-electron chi connectivity index (χ1n) is 29.8. The Bertz CT molecular complexity index is 2500. The Hall–Kier alpha value is -5.97. The number of nitrogens with one attached hydrogen (secondary N) is 1. The van der Waals surface area contributed by atoms with Gasteiger partial charge in [-0.15, -0.1) is 26.0 Å². The number of carbonyl (C=O) groups is 3. The number of nitrogens with two attached hydrogens (primary N) is 1. The molecule has 0 saturated carbocycles. The Morgan fingerprint density at radius 1 is 0.586 bits per heavy atom. The van der Waals surface area contributed by atoms with Gasteiger partial charge in [-0.25, -0.2) is 9.13 Å². The third kappa shape index (κ3) is 56.3. The molecule has 0 aromatic carbocycles. The molecule has 500 valence electrons. The first-order valence-corrected chi connectivity index (χ1v) is 32.7. The predicted molar refractivity (Wildman–Crippen MR) is 359 cm³/mol. The molecule has 26 heteroatoms. The van der Waals surface area contributed by atoms with Crippen molar-refractivity contribution in [1.29, 1.82) is 0 Å². The lowest BCUT2D eigenvalue weighted by Crippen LogP contribution is -2.26. The minimum absolute atomic E-state index is 0. The van der Waals surface area contributed by atoms with Crippen molar-refractivity contribution in [2.24, 2.45) is 16.0 Å². The summed E-state index contributed by atoms with van der Waals surface area (Å²) in [6.07, 6.45) is 34.4. The van der Waals surface area contributed by atoms with E-state index in [2.05, 4.69) is 112 Å². The van der Waals surface area contributed by atoms with Crippen LogP contribution in [0.25, 0.3) is 20.9 Å². The lowest BCUT2D eigenvalue weighted by atomic mass is 10.1. The number of unbranched alkanes of at least 4 members (excludes halogenated alkanes) is 16. The van der Waals surface area contributed by atoms with Gasteiger partial charge in [-0.2, -0.15) is 0 Å². The van der Waals surface area contributed by atoms with Crippen LogP contribution in [0.3, 0.4) is 0 Å². The highest BCUT2D eigenvalue weighted by molar-refractivity contribution is 7.48. The van der Waals surface area contributed by atoms with Crippen LogP contribution in [0.2, 0.25) is 0 Å². The van der Waals surface area contributed by atoms with E-state index in [0.717, 1.165) is 38.5 Å². The summed E-state index contributed by atoms with van der Waals surface area (Å²) in [7, 11) is -3.02. The maximum Gasteiger partial charge on any atom is 0.475 e. The summed E-state index contributed by atoms with van der Waals surface area (Å²) >= 11 is 0. The number of terminal acetylenes is 2. The van der Waals surface area contributed by atoms with Crippen molar-refractivity contribution in [2.75, 3.05) is 79.2 Å². The third-order valence-electron chi connectivity index (χ3n) is 11.6. The highest BCUT2D eigenvalue weighted by atomic mass is 31.2. The standard InChI is InChI=1S/C31H46BN4O8P.C30H47N4O7P.10H2/c1-4-7-9-11-12-13-14-16-18-20-30(37)44-29(19-17-15-10-8-5-2)21-24-40-26-28(35-36-33)27-43-45(39,41-23-6-3)42-25-22-34-31(32)38;1-4-7-9-11-12-13-14-16-18-20-30(35)41-29(19-17-15-10-8-5-2)21-24-37-26-28(33-34-32)27-40-42(36,38-23-6-3)39-25-22-31;;;;;;;;;;/h2,6,28-29H,3-4,7,9,11-14,16,18-27H2,1H3,(H,34,38);2,6,28-29H,3-4,7,9,11-14,16,18-27,31H2,1H3;10*1H/t28-,29-,45?;28-,29-,42?;;;;;;;;;;/m11........../s1. The molecule has 0 spiro atoms. The lowest BCUT2D eigenvalue weighted by Gasteiger charge is -2.20. The minimum atomic E-state index is -4.09. The SMILES string of the molecule is C#CC#CC#CC[C@H](CCOC[C@H](COP(=O)(OCC=C)OCCN)N=[N+]=[N-])OC(=O)CCCCCCCCCCC.[B]C(=O)NCCOP(=O)(OCC=C)OC[C@@H](COCC[C@@H](CC#CC#CC#C)OC(=O)CCCCCCCCCCC)N=[N+]=[N-].[HH].[HH].[HH].[HH].[HH].[HH].[HH].[HH].[HH].[HH]. The molecular weight excluding hydrogens is 1160 g/mol. The van der Waals surface area contributed by atoms with Crippen molar-refractivity contribution in [1.82, 2.24) is 5.32 Å². The van der Waals surface area contributed by atoms with E-state index in [1.165, 1.54) is 89.2 Å². The van der Waals surface area contributed by atoms with Crippen molar-refractivity contribution < 1.29 is 83.9 Å². The summed E-state index contributed by atoms with van der Waals surface area (Å²) in [6, 6.07) is -1.70. The molecule has 0 aromatic rings. The molecule has 23 nitrogen and oxygen atoms in total. The average Bonchev–Trinajstić information content (AvgIpc) is 1.62. The highest BCUT2D eigenvalue weighted by Crippen LogP contribution is 2.50. The second-order valence-electron chi connectivity index (χ2n) is 19.0. The molecule has 0 aromatic heterocycles. The Morgan fingerprint density at radius 3 is 1.33 bits per heavy atom. The van der Waals surface area contributed by atoms with E-state index in [1.807, 2.05) is 0 Å². The topological polar surface area (TPSA) is 313 Å². The van der Waals surface area contributed by atoms with Gasteiger partial charge >= 0.3 is 27.6 Å². The van der Waals surface area contributed by atoms with Crippen molar-refractivity contribution in [3.63, 3.8) is 0 Å². The number of phosphoric acid groups is 2. The van der Waals surface area contributed by atoms with Gasteiger partial charge in [0, 0.05) is 75.7 Å². The third-order valence-corrected chi connectivity index (χ3v) is 14.4. The van der Waals surface area contributed by atoms with Crippen LogP contribution in [-0.2, 0) is 64.8 Å². The number of hydrogen-bond acceptors (Lipinski definition) is 18. The van der Waals surface area contributed by atoms with Gasteiger partial charge in [0.25, 0.3) is 0 Å². The second kappa shape index (κ2) is 61.7. The number of rotatable bonds is 55. The molecule has 2 radical (unpaired) electrons. The van der Waals surface area contributed by atoms with Crippen molar-refractivity contribution in [2.45, 2.75) is 192 Å². The van der Waals surface area contributed by atoms with E-state index in [9.17, 15) is 23.5 Å². The molecule has 0 heterocycles. The molecule has 0 aliphatic rings. The molecule has 0 aliphatic heterocycles. The summed E-state index contributed by atoms with van der Waals surface area (Å²) in [5.41, 5.74) is 23.3. The Labute approximate surface area is 534 Å². The van der Waals surface area contributed by atoms with E-state index in [0.29, 0.717) is 25.7 Å². The van der Waals surface area contributed by atoms with Gasteiger partial charge in [0.15, 0.2) is 13.7 Å². The fraction of sp³-hybridized carbons (Fsp3) is 0.689. The van der Waals surface area contributed by atoms with Crippen molar-refractivity contribution >= 4 is 41.2 Å². The zero-order valence-corrected chi connectivity index (χ0v) is 53.1. The van der Waals surface area contributed by atoms with Gasteiger partial charge in [-0.1, -0.05) is 151 Å². The zero-order chi connectivity index (χ0) is 64.6. The summed E-state index contributed by atoms with van der Waals surface area (Å²) in [6.45, 7) is 10.6. The number of carbonyl (C=O) groups excluding carboxylic acids is 3. The van der Waals surface area contributed by atoms with E-state index in [4.69, 9.17) is 83.6 Å². The molecule has 0 bridgehead atoms. The van der Waals surface area contributed by atoms with Crippen LogP contribution in [0, 0.1) is 72.1 Å². The molecular formula is C61H113BN8O15P2. The quantitative estimate of drug-likeness (QED) is 0.00658. The van der Waals surface area contributed by atoms with Crippen LogP contribution in [0.1, 0.15) is 182 Å². The molecule has 0 fully saturated rings. The molecule has 87 heavy (non-hydrogen) atoms. The Balaban J connectivity index is -0.000000135. The summed E-state index contributed by atoms with van der Waals surface area (Å²) in [4.78, 5) is 41.3. The van der Waals surface area contributed by atoms with Gasteiger partial charge in [-0.05, 0) is 71.3 Å². The fourth-order valence-corrected chi connectivity index (χ4v) is 9.59. The monoisotopic (exact) mass is 1270 g/mol. The van der Waals surface area contributed by atoms with Gasteiger partial charge < -0.3 is 30.0 Å². The predicted octanol–water partition coefficient (Wildman–Crippen LogP) is 14.9. The number of ether oxygens (including phenoxy) is 4. The fourth-order valence-electron chi connectivity index (χ4n) is 7.21. The van der Waals surface area contributed by atoms with Crippen LogP contribution < -0.4 is 11.1 Å². The summed E-state index contributed by atoms with van der Waals surface area (Å²) < 4.78 is 79.3. The maximum atomic E-state index is 12.9. The highest BCUT2D eigenvalue weighted by Gasteiger charge is 2.29. The van der Waals surface area contributed by atoms with Gasteiger partial charge in [0.05, 0.1) is 78.2 Å². The number of phosphoric ester groups is 2. The van der Waals surface area contributed by atoms with E-state index >= 15 is 0 Å².